The number of nitrogens with one attached hydrogen (secondary N) is 2. The fraction of sp³-hybridized carbons (Fsp3) is 0.125. The monoisotopic (exact) mass is 318 g/mol. The predicted molar refractivity (Wildman–Crippen MR) is 86.5 cm³/mol. The van der Waals surface area contributed by atoms with Crippen LogP contribution in [0.15, 0.2) is 48.5 Å². The first-order valence-corrected chi connectivity index (χ1v) is 7.07. The van der Waals surface area contributed by atoms with Crippen molar-refractivity contribution in [2.45, 2.75) is 6.92 Å². The fourth-order valence-corrected chi connectivity index (χ4v) is 1.85. The molecule has 5 nitrogen and oxygen atoms in total. The maximum absolute atomic E-state index is 12.1. The van der Waals surface area contributed by atoms with Gasteiger partial charge in [-0.1, -0.05) is 11.6 Å². The molecule has 0 bridgehead atoms. The molecule has 0 saturated heterocycles. The summed E-state index contributed by atoms with van der Waals surface area (Å²) in [5.74, 6) is -0.245. The van der Waals surface area contributed by atoms with Gasteiger partial charge in [0.25, 0.3) is 5.91 Å². The van der Waals surface area contributed by atoms with E-state index in [0.29, 0.717) is 28.6 Å². The van der Waals surface area contributed by atoms with Crippen molar-refractivity contribution in [3.8, 4) is 0 Å². The Bertz CT molecular complexity index is 654. The first-order chi connectivity index (χ1) is 10.6. The van der Waals surface area contributed by atoms with Crippen LogP contribution in [0.4, 0.5) is 16.2 Å². The van der Waals surface area contributed by atoms with Crippen molar-refractivity contribution in [3.63, 3.8) is 0 Å². The summed E-state index contributed by atoms with van der Waals surface area (Å²) in [6.45, 7) is 2.02. The molecule has 2 rings (SSSR count). The molecular weight excluding hydrogens is 304 g/mol. The third-order valence-corrected chi connectivity index (χ3v) is 3.02. The highest BCUT2D eigenvalue weighted by atomic mass is 35.5. The van der Waals surface area contributed by atoms with Gasteiger partial charge >= 0.3 is 6.09 Å². The van der Waals surface area contributed by atoms with Gasteiger partial charge in [0.2, 0.25) is 0 Å². The minimum absolute atomic E-state index is 0.245. The largest absolute Gasteiger partial charge is 0.450 e. The Morgan fingerprint density at radius 1 is 0.955 bits per heavy atom. The average molecular weight is 319 g/mol. The van der Waals surface area contributed by atoms with Crippen molar-refractivity contribution in [1.82, 2.24) is 0 Å². The molecule has 0 fully saturated rings. The molecule has 0 radical (unpaired) electrons. The number of hydrogen-bond donors (Lipinski definition) is 2. The van der Waals surface area contributed by atoms with Gasteiger partial charge in [0, 0.05) is 22.0 Å². The number of anilines is 2. The summed E-state index contributed by atoms with van der Waals surface area (Å²) in [6.07, 6.45) is -0.527. The number of benzene rings is 2. The van der Waals surface area contributed by atoms with Crippen molar-refractivity contribution >= 4 is 35.0 Å². The molecule has 2 amide bonds. The van der Waals surface area contributed by atoms with E-state index in [2.05, 4.69) is 10.6 Å². The fourth-order valence-electron chi connectivity index (χ4n) is 1.73. The second-order valence-electron chi connectivity index (χ2n) is 4.38. The normalized spacial score (nSPS) is 9.91. The summed E-state index contributed by atoms with van der Waals surface area (Å²) < 4.78 is 4.77. The van der Waals surface area contributed by atoms with E-state index in [1.54, 1.807) is 55.5 Å². The third kappa shape index (κ3) is 4.49. The summed E-state index contributed by atoms with van der Waals surface area (Å²) in [6, 6.07) is 13.3. The molecule has 0 saturated carbocycles. The first-order valence-electron chi connectivity index (χ1n) is 6.69. The van der Waals surface area contributed by atoms with Gasteiger partial charge in [0.15, 0.2) is 0 Å². The molecule has 114 valence electrons. The number of carbonyl (C=O) groups is 2. The van der Waals surface area contributed by atoms with Gasteiger partial charge < -0.3 is 10.1 Å². The number of rotatable bonds is 4. The van der Waals surface area contributed by atoms with Gasteiger partial charge in [-0.2, -0.15) is 0 Å². The van der Waals surface area contributed by atoms with Gasteiger partial charge in [0.1, 0.15) is 0 Å². The van der Waals surface area contributed by atoms with Gasteiger partial charge in [-0.25, -0.2) is 4.79 Å². The predicted octanol–water partition coefficient (Wildman–Crippen LogP) is 4.16. The molecule has 0 atom stereocenters. The van der Waals surface area contributed by atoms with E-state index in [9.17, 15) is 9.59 Å². The van der Waals surface area contributed by atoms with Gasteiger partial charge in [-0.15, -0.1) is 0 Å². The zero-order valence-electron chi connectivity index (χ0n) is 11.9. The Kier molecular flexibility index (Phi) is 5.38. The molecular formula is C16H15ClN2O3. The first kappa shape index (κ1) is 15.9. The maximum atomic E-state index is 12.1. The highest BCUT2D eigenvalue weighted by molar-refractivity contribution is 6.30. The molecule has 0 unspecified atom stereocenters. The Balaban J connectivity index is 1.98. The highest BCUT2D eigenvalue weighted by Crippen LogP contribution is 2.15. The molecule has 2 aromatic rings. The van der Waals surface area contributed by atoms with Crippen molar-refractivity contribution in [2.24, 2.45) is 0 Å². The molecule has 0 aliphatic carbocycles. The van der Waals surface area contributed by atoms with Crippen molar-refractivity contribution in [3.05, 3.63) is 59.1 Å². The lowest BCUT2D eigenvalue weighted by atomic mass is 10.2. The van der Waals surface area contributed by atoms with E-state index >= 15 is 0 Å². The summed E-state index contributed by atoms with van der Waals surface area (Å²) in [5, 5.41) is 5.92. The zero-order valence-corrected chi connectivity index (χ0v) is 12.7. The van der Waals surface area contributed by atoms with Crippen LogP contribution in [0.2, 0.25) is 5.02 Å². The molecule has 0 spiro atoms. The van der Waals surface area contributed by atoms with E-state index < -0.39 is 6.09 Å². The van der Waals surface area contributed by atoms with E-state index in [1.165, 1.54) is 0 Å². The van der Waals surface area contributed by atoms with Crippen LogP contribution >= 0.6 is 11.6 Å². The van der Waals surface area contributed by atoms with Crippen LogP contribution in [0.25, 0.3) is 0 Å². The lowest BCUT2D eigenvalue weighted by molar-refractivity contribution is 0.102. The number of hydrogen-bond acceptors (Lipinski definition) is 3. The zero-order chi connectivity index (χ0) is 15.9. The standard InChI is InChI=1S/C16H15ClN2O3/c1-2-22-16(21)19-14-7-3-11(4-8-14)15(20)18-13-9-5-12(17)6-10-13/h3-10H,2H2,1H3,(H,18,20)(H,19,21). The number of carbonyl (C=O) groups excluding carboxylic acids is 2. The Morgan fingerprint density at radius 3 is 2.09 bits per heavy atom. The second-order valence-corrected chi connectivity index (χ2v) is 4.82. The van der Waals surface area contributed by atoms with Gasteiger partial charge in [0.05, 0.1) is 6.61 Å². The average Bonchev–Trinajstić information content (AvgIpc) is 2.50. The maximum Gasteiger partial charge on any atom is 0.411 e. The molecule has 0 aliphatic rings. The van der Waals surface area contributed by atoms with Crippen LogP contribution in [-0.2, 0) is 4.74 Å². The molecule has 2 aromatic carbocycles. The summed E-state index contributed by atoms with van der Waals surface area (Å²) in [7, 11) is 0. The number of amides is 2. The minimum Gasteiger partial charge on any atom is -0.450 e. The van der Waals surface area contributed by atoms with Crippen LogP contribution in [0.1, 0.15) is 17.3 Å². The van der Waals surface area contributed by atoms with Crippen LogP contribution in [0, 0.1) is 0 Å². The molecule has 0 aliphatic heterocycles. The lowest BCUT2D eigenvalue weighted by Crippen LogP contribution is -2.14. The SMILES string of the molecule is CCOC(=O)Nc1ccc(C(=O)Nc2ccc(Cl)cc2)cc1. The van der Waals surface area contributed by atoms with Gasteiger partial charge in [-0.05, 0) is 55.5 Å². The second kappa shape index (κ2) is 7.47. The van der Waals surface area contributed by atoms with E-state index in [-0.39, 0.29) is 5.91 Å². The third-order valence-electron chi connectivity index (χ3n) is 2.77. The van der Waals surface area contributed by atoms with Crippen molar-refractivity contribution in [2.75, 3.05) is 17.2 Å². The van der Waals surface area contributed by atoms with Crippen LogP contribution < -0.4 is 10.6 Å². The number of halogens is 1. The summed E-state index contributed by atoms with van der Waals surface area (Å²) in [4.78, 5) is 23.4. The molecule has 6 heteroatoms. The molecule has 22 heavy (non-hydrogen) atoms. The lowest BCUT2D eigenvalue weighted by Gasteiger charge is -2.07. The van der Waals surface area contributed by atoms with Crippen LogP contribution in [0.5, 0.6) is 0 Å². The molecule has 0 heterocycles. The van der Waals surface area contributed by atoms with Crippen LogP contribution in [0.3, 0.4) is 0 Å². The van der Waals surface area contributed by atoms with E-state index in [4.69, 9.17) is 16.3 Å². The van der Waals surface area contributed by atoms with Crippen molar-refractivity contribution in [1.29, 1.82) is 0 Å². The Labute approximate surface area is 133 Å². The van der Waals surface area contributed by atoms with E-state index in [0.717, 1.165) is 0 Å². The topological polar surface area (TPSA) is 67.4 Å². The Morgan fingerprint density at radius 2 is 1.50 bits per heavy atom. The Hall–Kier alpha value is -2.53. The summed E-state index contributed by atoms with van der Waals surface area (Å²) in [5.41, 5.74) is 1.69. The van der Waals surface area contributed by atoms with Crippen LogP contribution in [-0.4, -0.2) is 18.6 Å². The summed E-state index contributed by atoms with van der Waals surface area (Å²) >= 11 is 5.79. The van der Waals surface area contributed by atoms with E-state index in [1.807, 2.05) is 0 Å². The highest BCUT2D eigenvalue weighted by Gasteiger charge is 2.07. The molecule has 2 N–H and O–H groups in total. The number of ether oxygens (including phenoxy) is 1. The molecule has 0 aromatic heterocycles. The smallest absolute Gasteiger partial charge is 0.411 e. The minimum atomic E-state index is -0.527. The van der Waals surface area contributed by atoms with Gasteiger partial charge in [-0.3, -0.25) is 10.1 Å². The quantitative estimate of drug-likeness (QED) is 0.889. The van der Waals surface area contributed by atoms with Crippen molar-refractivity contribution < 1.29 is 14.3 Å².